The highest BCUT2D eigenvalue weighted by Crippen LogP contribution is 2.29. The number of rotatable bonds is 4. The third-order valence-electron chi connectivity index (χ3n) is 3.28. The predicted molar refractivity (Wildman–Crippen MR) is 91.6 cm³/mol. The van der Waals surface area contributed by atoms with Gasteiger partial charge in [-0.25, -0.2) is 13.1 Å². The molecule has 7 heteroatoms. The minimum absolute atomic E-state index is 0.0942. The molecule has 0 atom stereocenters. The number of benzene rings is 2. The van der Waals surface area contributed by atoms with Crippen LogP contribution < -0.4 is 4.72 Å². The zero-order chi connectivity index (χ0) is 16.4. The molecule has 1 aromatic heterocycles. The minimum atomic E-state index is -3.74. The van der Waals surface area contributed by atoms with Gasteiger partial charge in [-0.1, -0.05) is 50.9 Å². The zero-order valence-electron chi connectivity index (χ0n) is 12.2. The summed E-state index contributed by atoms with van der Waals surface area (Å²) in [6, 6.07) is 14.0. The van der Waals surface area contributed by atoms with Gasteiger partial charge in [-0.3, -0.25) is 0 Å². The maximum absolute atomic E-state index is 12.4. The molecule has 0 unspecified atom stereocenters. The number of aromatic nitrogens is 1. The van der Waals surface area contributed by atoms with Crippen LogP contribution in [-0.2, 0) is 10.0 Å². The van der Waals surface area contributed by atoms with Crippen LogP contribution in [0.1, 0.15) is 5.56 Å². The van der Waals surface area contributed by atoms with Gasteiger partial charge < -0.3 is 4.52 Å². The Morgan fingerprint density at radius 3 is 2.35 bits per heavy atom. The zero-order valence-corrected chi connectivity index (χ0v) is 14.6. The predicted octanol–water partition coefficient (Wildman–Crippen LogP) is 4.21. The highest BCUT2D eigenvalue weighted by molar-refractivity contribution is 9.10. The Kier molecular flexibility index (Phi) is 4.23. The third kappa shape index (κ3) is 3.46. The Bertz CT molecular complexity index is 917. The van der Waals surface area contributed by atoms with Gasteiger partial charge in [-0.05, 0) is 36.8 Å². The molecule has 0 saturated carbocycles. The summed E-state index contributed by atoms with van der Waals surface area (Å²) in [6.07, 6.45) is 1.49. The van der Waals surface area contributed by atoms with Crippen LogP contribution in [0.4, 0.5) is 5.88 Å². The number of nitrogens with one attached hydrogen (secondary N) is 1. The first kappa shape index (κ1) is 15.8. The van der Waals surface area contributed by atoms with Crippen LogP contribution in [0.3, 0.4) is 0 Å². The lowest BCUT2D eigenvalue weighted by atomic mass is 10.1. The normalized spacial score (nSPS) is 11.4. The molecule has 5 nitrogen and oxygen atoms in total. The van der Waals surface area contributed by atoms with E-state index in [0.717, 1.165) is 15.6 Å². The Balaban J connectivity index is 1.93. The van der Waals surface area contributed by atoms with E-state index >= 15 is 0 Å². The van der Waals surface area contributed by atoms with Crippen LogP contribution in [0.5, 0.6) is 0 Å². The number of anilines is 1. The van der Waals surface area contributed by atoms with Gasteiger partial charge in [-0.15, -0.1) is 0 Å². The fourth-order valence-corrected chi connectivity index (χ4v) is 3.31. The van der Waals surface area contributed by atoms with Crippen LogP contribution in [-0.4, -0.2) is 13.6 Å². The maximum Gasteiger partial charge on any atom is 0.264 e. The Hall–Kier alpha value is -2.12. The number of sulfonamides is 1. The molecule has 3 aromatic rings. The summed E-state index contributed by atoms with van der Waals surface area (Å²) < 4.78 is 33.2. The SMILES string of the molecule is Cc1ccc(-c2cnoc2NS(=O)(=O)c2ccc(Br)cc2)cc1. The van der Waals surface area contributed by atoms with E-state index < -0.39 is 10.0 Å². The molecule has 0 radical (unpaired) electrons. The van der Waals surface area contributed by atoms with Gasteiger partial charge in [0.1, 0.15) is 0 Å². The van der Waals surface area contributed by atoms with Gasteiger partial charge in [0, 0.05) is 4.47 Å². The second-order valence-corrected chi connectivity index (χ2v) is 7.59. The van der Waals surface area contributed by atoms with Crippen LogP contribution in [0.15, 0.2) is 68.6 Å². The molecule has 0 amide bonds. The Morgan fingerprint density at radius 1 is 1.04 bits per heavy atom. The van der Waals surface area contributed by atoms with Crippen LogP contribution in [0.25, 0.3) is 11.1 Å². The van der Waals surface area contributed by atoms with Crippen molar-refractivity contribution in [3.8, 4) is 11.1 Å². The Morgan fingerprint density at radius 2 is 1.70 bits per heavy atom. The molecule has 0 aliphatic heterocycles. The molecule has 0 bridgehead atoms. The van der Waals surface area contributed by atoms with E-state index in [1.807, 2.05) is 31.2 Å². The molecule has 23 heavy (non-hydrogen) atoms. The first-order chi connectivity index (χ1) is 11.0. The summed E-state index contributed by atoms with van der Waals surface area (Å²) in [6.45, 7) is 1.98. The summed E-state index contributed by atoms with van der Waals surface area (Å²) in [5, 5.41) is 3.70. The molecule has 1 N–H and O–H groups in total. The fraction of sp³-hybridized carbons (Fsp3) is 0.0625. The molecule has 0 aliphatic rings. The van der Waals surface area contributed by atoms with Gasteiger partial charge in [0.2, 0.25) is 5.88 Å². The summed E-state index contributed by atoms with van der Waals surface area (Å²) in [4.78, 5) is 0.145. The summed E-state index contributed by atoms with van der Waals surface area (Å²) >= 11 is 3.28. The number of hydrogen-bond donors (Lipinski definition) is 1. The molecular weight excluding hydrogens is 380 g/mol. The van der Waals surface area contributed by atoms with Crippen LogP contribution >= 0.6 is 15.9 Å². The third-order valence-corrected chi connectivity index (χ3v) is 5.16. The molecule has 0 fully saturated rings. The highest BCUT2D eigenvalue weighted by atomic mass is 79.9. The standard InChI is InChI=1S/C16H13BrN2O3S/c1-11-2-4-12(5-3-11)15-10-18-22-16(15)19-23(20,21)14-8-6-13(17)7-9-14/h2-10,19H,1H3. The van der Waals surface area contributed by atoms with E-state index in [1.165, 1.54) is 18.3 Å². The molecule has 2 aromatic carbocycles. The second kappa shape index (κ2) is 6.17. The summed E-state index contributed by atoms with van der Waals surface area (Å²) in [7, 11) is -3.74. The van der Waals surface area contributed by atoms with Crippen molar-refractivity contribution in [2.75, 3.05) is 4.72 Å². The van der Waals surface area contributed by atoms with Crippen molar-refractivity contribution in [3.05, 3.63) is 64.8 Å². The quantitative estimate of drug-likeness (QED) is 0.721. The summed E-state index contributed by atoms with van der Waals surface area (Å²) in [5.41, 5.74) is 2.53. The lowest BCUT2D eigenvalue weighted by molar-refractivity contribution is 0.435. The van der Waals surface area contributed by atoms with Gasteiger partial charge in [0.15, 0.2) is 0 Å². The highest BCUT2D eigenvalue weighted by Gasteiger charge is 2.19. The van der Waals surface area contributed by atoms with E-state index in [9.17, 15) is 8.42 Å². The molecule has 1 heterocycles. The Labute approximate surface area is 142 Å². The van der Waals surface area contributed by atoms with Crippen LogP contribution in [0.2, 0.25) is 0 Å². The van der Waals surface area contributed by atoms with Crippen LogP contribution in [0, 0.1) is 6.92 Å². The number of nitrogens with zero attached hydrogens (tertiary/aromatic N) is 1. The average Bonchev–Trinajstić information content (AvgIpc) is 2.96. The number of hydrogen-bond acceptors (Lipinski definition) is 4. The smallest absolute Gasteiger partial charge is 0.264 e. The fourth-order valence-electron chi connectivity index (χ4n) is 2.05. The van der Waals surface area contributed by atoms with Crippen molar-refractivity contribution in [1.29, 1.82) is 0 Å². The van der Waals surface area contributed by atoms with Crippen molar-refractivity contribution in [3.63, 3.8) is 0 Å². The number of halogens is 1. The van der Waals surface area contributed by atoms with E-state index in [1.54, 1.807) is 12.1 Å². The molecule has 3 rings (SSSR count). The van der Waals surface area contributed by atoms with E-state index in [2.05, 4.69) is 25.8 Å². The molecule has 0 saturated heterocycles. The number of aryl methyl sites for hydroxylation is 1. The maximum atomic E-state index is 12.4. The molecule has 0 spiro atoms. The minimum Gasteiger partial charge on any atom is -0.337 e. The monoisotopic (exact) mass is 392 g/mol. The lowest BCUT2D eigenvalue weighted by Gasteiger charge is -2.07. The first-order valence-electron chi connectivity index (χ1n) is 6.76. The average molecular weight is 393 g/mol. The molecular formula is C16H13BrN2O3S. The van der Waals surface area contributed by atoms with Crippen molar-refractivity contribution in [2.45, 2.75) is 11.8 Å². The molecule has 0 aliphatic carbocycles. The second-order valence-electron chi connectivity index (χ2n) is 4.99. The topological polar surface area (TPSA) is 72.2 Å². The first-order valence-corrected chi connectivity index (χ1v) is 9.03. The van der Waals surface area contributed by atoms with Crippen molar-refractivity contribution < 1.29 is 12.9 Å². The van der Waals surface area contributed by atoms with E-state index in [-0.39, 0.29) is 10.8 Å². The van der Waals surface area contributed by atoms with Gasteiger partial charge in [0.25, 0.3) is 10.0 Å². The van der Waals surface area contributed by atoms with E-state index in [0.29, 0.717) is 5.56 Å². The van der Waals surface area contributed by atoms with Gasteiger partial charge in [-0.2, -0.15) is 0 Å². The summed E-state index contributed by atoms with van der Waals surface area (Å²) in [5.74, 6) is 0.0942. The largest absolute Gasteiger partial charge is 0.337 e. The lowest BCUT2D eigenvalue weighted by Crippen LogP contribution is -2.12. The molecule has 118 valence electrons. The van der Waals surface area contributed by atoms with Gasteiger partial charge in [0.05, 0.1) is 16.7 Å². The van der Waals surface area contributed by atoms with E-state index in [4.69, 9.17) is 4.52 Å². The van der Waals surface area contributed by atoms with Crippen molar-refractivity contribution in [1.82, 2.24) is 5.16 Å². The van der Waals surface area contributed by atoms with Gasteiger partial charge >= 0.3 is 0 Å². The van der Waals surface area contributed by atoms with Crippen molar-refractivity contribution >= 4 is 31.8 Å². The van der Waals surface area contributed by atoms with Crippen molar-refractivity contribution in [2.24, 2.45) is 0 Å².